The molecule has 0 heterocycles. The molecule has 158 valence electrons. The second-order valence-corrected chi connectivity index (χ2v) is 7.18. The van der Waals surface area contributed by atoms with E-state index in [0.717, 1.165) is 17.7 Å². The summed E-state index contributed by atoms with van der Waals surface area (Å²) in [5.41, 5.74) is 3.91. The predicted molar refractivity (Wildman–Crippen MR) is 124 cm³/mol. The molecule has 0 aromatic heterocycles. The number of nitrogens with one attached hydrogen (secondary N) is 1. The number of benzene rings is 2. The van der Waals surface area contributed by atoms with Crippen molar-refractivity contribution < 1.29 is 9.53 Å². The maximum absolute atomic E-state index is 12.1. The Bertz CT molecular complexity index is 818. The van der Waals surface area contributed by atoms with E-state index in [1.165, 1.54) is 51.2 Å². The van der Waals surface area contributed by atoms with Gasteiger partial charge in [0.2, 0.25) is 0 Å². The Balaban J connectivity index is 1.62. The van der Waals surface area contributed by atoms with E-state index < -0.39 is 0 Å². The highest BCUT2D eigenvalue weighted by atomic mass is 16.5. The molecular formula is C26H32N2O2. The van der Waals surface area contributed by atoms with E-state index in [-0.39, 0.29) is 5.91 Å². The SMILES string of the molecule is CCCCCCCCCCOc1ccc(C(=O)N/N=C\C#Cc2ccccc2)cc1. The predicted octanol–water partition coefficient (Wildman–Crippen LogP) is 5.97. The van der Waals surface area contributed by atoms with Gasteiger partial charge in [-0.3, -0.25) is 4.79 Å². The Labute approximate surface area is 180 Å². The number of hydrogen-bond acceptors (Lipinski definition) is 3. The van der Waals surface area contributed by atoms with Gasteiger partial charge in [0.15, 0.2) is 0 Å². The van der Waals surface area contributed by atoms with Crippen molar-refractivity contribution >= 4 is 12.1 Å². The summed E-state index contributed by atoms with van der Waals surface area (Å²) in [7, 11) is 0. The molecule has 0 atom stereocenters. The summed E-state index contributed by atoms with van der Waals surface area (Å²) in [6, 6.07) is 16.7. The quantitative estimate of drug-likeness (QED) is 0.205. The molecule has 2 aromatic carbocycles. The fourth-order valence-corrected chi connectivity index (χ4v) is 2.95. The Morgan fingerprint density at radius 1 is 0.933 bits per heavy atom. The third-order valence-electron chi connectivity index (χ3n) is 4.67. The lowest BCUT2D eigenvalue weighted by Crippen LogP contribution is -2.17. The van der Waals surface area contributed by atoms with Gasteiger partial charge in [-0.25, -0.2) is 5.43 Å². The smallest absolute Gasteiger partial charge is 0.271 e. The highest BCUT2D eigenvalue weighted by molar-refractivity contribution is 5.94. The van der Waals surface area contributed by atoms with Crippen molar-refractivity contribution in [2.75, 3.05) is 6.61 Å². The first kappa shape index (κ1) is 23.2. The molecule has 2 rings (SSSR count). The lowest BCUT2D eigenvalue weighted by Gasteiger charge is -2.07. The zero-order chi connectivity index (χ0) is 21.3. The van der Waals surface area contributed by atoms with Crippen molar-refractivity contribution in [1.82, 2.24) is 5.43 Å². The average molecular weight is 405 g/mol. The Hall–Kier alpha value is -3.06. The van der Waals surface area contributed by atoms with E-state index in [4.69, 9.17) is 4.74 Å². The number of carbonyl (C=O) groups excluding carboxylic acids is 1. The van der Waals surface area contributed by atoms with Crippen LogP contribution < -0.4 is 10.2 Å². The van der Waals surface area contributed by atoms with Crippen molar-refractivity contribution in [2.45, 2.75) is 58.3 Å². The molecule has 0 spiro atoms. The lowest BCUT2D eigenvalue weighted by molar-refractivity contribution is 0.0955. The van der Waals surface area contributed by atoms with E-state index >= 15 is 0 Å². The van der Waals surface area contributed by atoms with Gasteiger partial charge in [-0.05, 0) is 48.7 Å². The van der Waals surface area contributed by atoms with Crippen LogP contribution in [-0.4, -0.2) is 18.7 Å². The maximum atomic E-state index is 12.1. The van der Waals surface area contributed by atoms with E-state index in [1.54, 1.807) is 12.1 Å². The van der Waals surface area contributed by atoms with Crippen LogP contribution in [0.25, 0.3) is 0 Å². The molecular weight excluding hydrogens is 372 g/mol. The fraction of sp³-hybridized carbons (Fsp3) is 0.385. The zero-order valence-corrected chi connectivity index (χ0v) is 17.9. The normalized spacial score (nSPS) is 10.4. The van der Waals surface area contributed by atoms with Crippen molar-refractivity contribution in [3.8, 4) is 17.6 Å². The van der Waals surface area contributed by atoms with Crippen molar-refractivity contribution in [3.63, 3.8) is 0 Å². The minimum Gasteiger partial charge on any atom is -0.494 e. The van der Waals surface area contributed by atoms with E-state index in [2.05, 4.69) is 29.3 Å². The average Bonchev–Trinajstić information content (AvgIpc) is 2.79. The standard InChI is InChI=1S/C26H32N2O2/c1-2-3-4-5-6-7-8-12-22-30-25-19-17-24(18-20-25)26(29)28-27-21-13-16-23-14-10-9-11-15-23/h9-11,14-15,17-21H,2-8,12,22H2,1H3,(H,28,29)/b27-21-. The topological polar surface area (TPSA) is 50.7 Å². The molecule has 2 aromatic rings. The minimum absolute atomic E-state index is 0.276. The molecule has 1 amide bonds. The summed E-state index contributed by atoms with van der Waals surface area (Å²) in [6.07, 6.45) is 11.6. The van der Waals surface area contributed by atoms with Gasteiger partial charge in [0, 0.05) is 11.1 Å². The van der Waals surface area contributed by atoms with Crippen LogP contribution in [0.4, 0.5) is 0 Å². The van der Waals surface area contributed by atoms with Crippen LogP contribution in [0, 0.1) is 11.8 Å². The summed E-state index contributed by atoms with van der Waals surface area (Å²) >= 11 is 0. The van der Waals surface area contributed by atoms with E-state index in [9.17, 15) is 4.79 Å². The largest absolute Gasteiger partial charge is 0.494 e. The van der Waals surface area contributed by atoms with Gasteiger partial charge in [-0.2, -0.15) is 5.10 Å². The van der Waals surface area contributed by atoms with Crippen molar-refractivity contribution in [1.29, 1.82) is 0 Å². The first-order chi connectivity index (χ1) is 14.8. The van der Waals surface area contributed by atoms with Crippen LogP contribution in [-0.2, 0) is 0 Å². The molecule has 0 radical (unpaired) electrons. The Morgan fingerprint density at radius 2 is 1.60 bits per heavy atom. The summed E-state index contributed by atoms with van der Waals surface area (Å²) < 4.78 is 5.76. The van der Waals surface area contributed by atoms with Gasteiger partial charge in [-0.15, -0.1) is 0 Å². The van der Waals surface area contributed by atoms with Gasteiger partial charge in [0.05, 0.1) is 12.8 Å². The molecule has 0 bridgehead atoms. The third-order valence-corrected chi connectivity index (χ3v) is 4.67. The lowest BCUT2D eigenvalue weighted by atomic mass is 10.1. The zero-order valence-electron chi connectivity index (χ0n) is 17.9. The van der Waals surface area contributed by atoms with Gasteiger partial charge in [0.1, 0.15) is 5.75 Å². The number of hydrogen-bond donors (Lipinski definition) is 1. The molecule has 0 aliphatic rings. The molecule has 1 N–H and O–H groups in total. The molecule has 0 aliphatic carbocycles. The number of amides is 1. The minimum atomic E-state index is -0.276. The molecule has 4 nitrogen and oxygen atoms in total. The highest BCUT2D eigenvalue weighted by Gasteiger charge is 2.04. The van der Waals surface area contributed by atoms with Crippen molar-refractivity contribution in [2.24, 2.45) is 5.10 Å². The van der Waals surface area contributed by atoms with Crippen LogP contribution in [0.3, 0.4) is 0 Å². The molecule has 0 unspecified atom stereocenters. The molecule has 0 saturated heterocycles. The second kappa shape index (κ2) is 14.9. The Morgan fingerprint density at radius 3 is 2.30 bits per heavy atom. The van der Waals surface area contributed by atoms with Crippen LogP contribution in [0.15, 0.2) is 59.7 Å². The summed E-state index contributed by atoms with van der Waals surface area (Å²) in [5, 5.41) is 3.86. The number of ether oxygens (including phenoxy) is 1. The first-order valence-electron chi connectivity index (χ1n) is 10.9. The molecule has 30 heavy (non-hydrogen) atoms. The van der Waals surface area contributed by atoms with Crippen molar-refractivity contribution in [3.05, 3.63) is 65.7 Å². The Kier molecular flexibility index (Phi) is 11.5. The van der Waals surface area contributed by atoms with Crippen LogP contribution in [0.1, 0.15) is 74.2 Å². The fourth-order valence-electron chi connectivity index (χ4n) is 2.95. The molecule has 0 saturated carbocycles. The number of rotatable bonds is 12. The van der Waals surface area contributed by atoms with Gasteiger partial charge in [0.25, 0.3) is 5.91 Å². The van der Waals surface area contributed by atoms with Gasteiger partial charge >= 0.3 is 0 Å². The van der Waals surface area contributed by atoms with Crippen LogP contribution >= 0.6 is 0 Å². The molecule has 0 aliphatic heterocycles. The van der Waals surface area contributed by atoms with Gasteiger partial charge in [-0.1, -0.05) is 76.0 Å². The number of hydrazone groups is 1. The number of carbonyl (C=O) groups is 1. The molecule has 0 fully saturated rings. The monoisotopic (exact) mass is 404 g/mol. The summed E-state index contributed by atoms with van der Waals surface area (Å²) in [5.74, 6) is 6.24. The van der Waals surface area contributed by atoms with E-state index in [1.807, 2.05) is 42.5 Å². The summed E-state index contributed by atoms with van der Waals surface area (Å²) in [4.78, 5) is 12.1. The number of unbranched alkanes of at least 4 members (excludes halogenated alkanes) is 7. The van der Waals surface area contributed by atoms with Crippen LogP contribution in [0.2, 0.25) is 0 Å². The summed E-state index contributed by atoms with van der Waals surface area (Å²) in [6.45, 7) is 2.96. The second-order valence-electron chi connectivity index (χ2n) is 7.18. The van der Waals surface area contributed by atoms with Crippen LogP contribution in [0.5, 0.6) is 5.75 Å². The third kappa shape index (κ3) is 9.93. The van der Waals surface area contributed by atoms with Gasteiger partial charge < -0.3 is 4.74 Å². The highest BCUT2D eigenvalue weighted by Crippen LogP contribution is 2.14. The number of nitrogens with zero attached hydrogens (tertiary/aromatic N) is 1. The van der Waals surface area contributed by atoms with E-state index in [0.29, 0.717) is 12.2 Å². The first-order valence-corrected chi connectivity index (χ1v) is 10.9. The molecule has 4 heteroatoms. The maximum Gasteiger partial charge on any atom is 0.271 e.